The summed E-state index contributed by atoms with van der Waals surface area (Å²) in [5.74, 6) is -0.283. The lowest BCUT2D eigenvalue weighted by Gasteiger charge is -2.35. The number of piperidine rings is 1. The lowest BCUT2D eigenvalue weighted by Crippen LogP contribution is -2.61. The van der Waals surface area contributed by atoms with Gasteiger partial charge in [-0.25, -0.2) is 4.79 Å². The quantitative estimate of drug-likeness (QED) is 0.508. The third-order valence-electron chi connectivity index (χ3n) is 6.46. The Hall–Kier alpha value is -3.39. The van der Waals surface area contributed by atoms with Gasteiger partial charge in [0.05, 0.1) is 13.2 Å². The van der Waals surface area contributed by atoms with Crippen LogP contribution in [0.5, 0.6) is 0 Å². The predicted octanol–water partition coefficient (Wildman–Crippen LogP) is 4.40. The highest BCUT2D eigenvalue weighted by molar-refractivity contribution is 5.93. The van der Waals surface area contributed by atoms with Crippen molar-refractivity contribution in [3.05, 3.63) is 71.8 Å². The molecule has 0 saturated carbocycles. The summed E-state index contributed by atoms with van der Waals surface area (Å²) in [4.78, 5) is 40.9. The Balaban J connectivity index is 1.65. The van der Waals surface area contributed by atoms with Crippen molar-refractivity contribution in [1.82, 2.24) is 15.5 Å². The van der Waals surface area contributed by atoms with Crippen LogP contribution in [0.15, 0.2) is 60.7 Å². The van der Waals surface area contributed by atoms with Gasteiger partial charge in [-0.15, -0.1) is 0 Å². The van der Waals surface area contributed by atoms with Gasteiger partial charge in [-0.3, -0.25) is 9.59 Å². The van der Waals surface area contributed by atoms with Gasteiger partial charge >= 0.3 is 6.09 Å². The average Bonchev–Trinajstić information content (AvgIpc) is 2.87. The van der Waals surface area contributed by atoms with E-state index in [1.807, 2.05) is 48.5 Å². The molecule has 8 heteroatoms. The van der Waals surface area contributed by atoms with Crippen LogP contribution in [0.1, 0.15) is 64.5 Å². The van der Waals surface area contributed by atoms with E-state index in [0.29, 0.717) is 25.6 Å². The monoisotopic (exact) mass is 523 g/mol. The summed E-state index contributed by atoms with van der Waals surface area (Å²) in [6, 6.07) is 19.1. The zero-order valence-electron chi connectivity index (χ0n) is 23.2. The first-order valence-corrected chi connectivity index (χ1v) is 13.2. The van der Waals surface area contributed by atoms with E-state index in [4.69, 9.17) is 9.47 Å². The van der Waals surface area contributed by atoms with Gasteiger partial charge in [0.25, 0.3) is 0 Å². The van der Waals surface area contributed by atoms with Crippen LogP contribution in [-0.4, -0.2) is 59.7 Å². The SMILES string of the molecule is CC(C)(C)OC(=O)NC(C)(C)C(=O)NC(COCc1ccccc1)C(=O)N1CCC(c2ccccc2)CC1. The van der Waals surface area contributed by atoms with E-state index in [0.717, 1.165) is 18.4 Å². The summed E-state index contributed by atoms with van der Waals surface area (Å²) >= 11 is 0. The van der Waals surface area contributed by atoms with Crippen LogP contribution >= 0.6 is 0 Å². The number of hydrogen-bond donors (Lipinski definition) is 2. The van der Waals surface area contributed by atoms with Gasteiger partial charge in [-0.1, -0.05) is 60.7 Å². The lowest BCUT2D eigenvalue weighted by molar-refractivity contribution is -0.140. The minimum atomic E-state index is -1.30. The van der Waals surface area contributed by atoms with Gasteiger partial charge in [0.1, 0.15) is 17.2 Å². The number of alkyl carbamates (subject to hydrolysis) is 1. The van der Waals surface area contributed by atoms with E-state index in [2.05, 4.69) is 22.8 Å². The van der Waals surface area contributed by atoms with Gasteiger partial charge in [-0.2, -0.15) is 0 Å². The number of nitrogens with one attached hydrogen (secondary N) is 2. The molecule has 0 spiro atoms. The van der Waals surface area contributed by atoms with Crippen molar-refractivity contribution in [2.24, 2.45) is 0 Å². The van der Waals surface area contributed by atoms with Crippen molar-refractivity contribution in [3.8, 4) is 0 Å². The van der Waals surface area contributed by atoms with Crippen molar-refractivity contribution < 1.29 is 23.9 Å². The Morgan fingerprint density at radius 1 is 0.921 bits per heavy atom. The second-order valence-corrected chi connectivity index (χ2v) is 11.3. The molecule has 0 aromatic heterocycles. The topological polar surface area (TPSA) is 97.0 Å². The molecule has 206 valence electrons. The molecule has 1 fully saturated rings. The van der Waals surface area contributed by atoms with Crippen molar-refractivity contribution in [3.63, 3.8) is 0 Å². The van der Waals surface area contributed by atoms with Gasteiger partial charge in [0.15, 0.2) is 0 Å². The number of carbonyl (C=O) groups excluding carboxylic acids is 3. The highest BCUT2D eigenvalue weighted by atomic mass is 16.6. The van der Waals surface area contributed by atoms with Gasteiger partial charge in [-0.05, 0) is 64.5 Å². The number of nitrogens with zero attached hydrogens (tertiary/aromatic N) is 1. The molecule has 1 atom stereocenters. The summed E-state index contributed by atoms with van der Waals surface area (Å²) in [6.45, 7) is 9.93. The van der Waals surface area contributed by atoms with Gasteiger partial charge in [0.2, 0.25) is 11.8 Å². The standard InChI is InChI=1S/C30H41N3O5/c1-29(2,3)38-28(36)32-30(4,5)27(35)31-25(21-37-20-22-12-8-6-9-13-22)26(34)33-18-16-24(17-19-33)23-14-10-7-11-15-23/h6-15,24-25H,16-21H2,1-5H3,(H,31,35)(H,32,36). The number of amides is 3. The largest absolute Gasteiger partial charge is 0.444 e. The van der Waals surface area contributed by atoms with E-state index in [1.54, 1.807) is 39.5 Å². The zero-order valence-corrected chi connectivity index (χ0v) is 23.2. The number of carbonyl (C=O) groups is 3. The number of ether oxygens (including phenoxy) is 2. The second-order valence-electron chi connectivity index (χ2n) is 11.3. The Morgan fingerprint density at radius 3 is 2.08 bits per heavy atom. The van der Waals surface area contributed by atoms with Crippen LogP contribution in [0, 0.1) is 0 Å². The molecule has 0 aliphatic carbocycles. The fraction of sp³-hybridized carbons (Fsp3) is 0.500. The molecule has 38 heavy (non-hydrogen) atoms. The van der Waals surface area contributed by atoms with Crippen LogP contribution in [0.2, 0.25) is 0 Å². The molecule has 2 N–H and O–H groups in total. The molecule has 2 aromatic carbocycles. The van der Waals surface area contributed by atoms with E-state index in [-0.39, 0.29) is 12.5 Å². The molecule has 1 aliphatic heterocycles. The lowest BCUT2D eigenvalue weighted by atomic mass is 9.89. The maximum Gasteiger partial charge on any atom is 0.408 e. The summed E-state index contributed by atoms with van der Waals surface area (Å²) in [7, 11) is 0. The summed E-state index contributed by atoms with van der Waals surface area (Å²) in [5, 5.41) is 5.43. The average molecular weight is 524 g/mol. The third-order valence-corrected chi connectivity index (χ3v) is 6.46. The molecule has 2 aromatic rings. The first-order chi connectivity index (χ1) is 17.9. The van der Waals surface area contributed by atoms with Crippen LogP contribution in [0.25, 0.3) is 0 Å². The summed E-state index contributed by atoms with van der Waals surface area (Å²) in [6.07, 6.45) is 1.00. The number of rotatable bonds is 9. The summed E-state index contributed by atoms with van der Waals surface area (Å²) < 4.78 is 11.2. The number of likely N-dealkylation sites (tertiary alicyclic amines) is 1. The molecule has 1 heterocycles. The van der Waals surface area contributed by atoms with Crippen molar-refractivity contribution >= 4 is 17.9 Å². The summed E-state index contributed by atoms with van der Waals surface area (Å²) in [5.41, 5.74) is 0.249. The minimum Gasteiger partial charge on any atom is -0.444 e. The Bertz CT molecular complexity index is 1060. The second kappa shape index (κ2) is 12.9. The van der Waals surface area contributed by atoms with Crippen molar-refractivity contribution in [1.29, 1.82) is 0 Å². The van der Waals surface area contributed by atoms with Gasteiger partial charge < -0.3 is 25.0 Å². The molecular formula is C30H41N3O5. The third kappa shape index (κ3) is 8.87. The molecule has 0 bridgehead atoms. The molecule has 1 saturated heterocycles. The molecule has 0 radical (unpaired) electrons. The van der Waals surface area contributed by atoms with E-state index >= 15 is 0 Å². The highest BCUT2D eigenvalue weighted by Crippen LogP contribution is 2.28. The fourth-order valence-corrected chi connectivity index (χ4v) is 4.38. The Morgan fingerprint density at radius 2 is 1.50 bits per heavy atom. The van der Waals surface area contributed by atoms with Crippen LogP contribution in [0.4, 0.5) is 4.79 Å². The molecule has 3 amide bonds. The van der Waals surface area contributed by atoms with Gasteiger partial charge in [0, 0.05) is 13.1 Å². The maximum atomic E-state index is 13.6. The van der Waals surface area contributed by atoms with E-state index in [9.17, 15) is 14.4 Å². The van der Waals surface area contributed by atoms with Crippen LogP contribution < -0.4 is 10.6 Å². The minimum absolute atomic E-state index is 0.0145. The predicted molar refractivity (Wildman–Crippen MR) is 146 cm³/mol. The number of benzene rings is 2. The van der Waals surface area contributed by atoms with E-state index < -0.39 is 29.2 Å². The molecule has 3 rings (SSSR count). The fourth-order valence-electron chi connectivity index (χ4n) is 4.38. The first-order valence-electron chi connectivity index (χ1n) is 13.2. The molecular weight excluding hydrogens is 482 g/mol. The number of hydrogen-bond acceptors (Lipinski definition) is 5. The zero-order chi connectivity index (χ0) is 27.8. The first kappa shape index (κ1) is 29.2. The highest BCUT2D eigenvalue weighted by Gasteiger charge is 2.36. The normalized spacial score (nSPS) is 15.4. The molecule has 8 nitrogen and oxygen atoms in total. The van der Waals surface area contributed by atoms with Crippen molar-refractivity contribution in [2.75, 3.05) is 19.7 Å². The maximum absolute atomic E-state index is 13.6. The smallest absolute Gasteiger partial charge is 0.408 e. The van der Waals surface area contributed by atoms with Crippen molar-refractivity contribution in [2.45, 2.75) is 77.2 Å². The Labute approximate surface area is 226 Å². The van der Waals surface area contributed by atoms with Crippen LogP contribution in [0.3, 0.4) is 0 Å². The molecule has 1 unspecified atom stereocenters. The van der Waals surface area contributed by atoms with E-state index in [1.165, 1.54) is 5.56 Å². The van der Waals surface area contributed by atoms with Crippen LogP contribution in [-0.2, 0) is 25.7 Å². The molecule has 1 aliphatic rings. The Kier molecular flexibility index (Phi) is 9.91.